The number of anilines is 2. The third-order valence-corrected chi connectivity index (χ3v) is 5.34. The first kappa shape index (κ1) is 24.8. The molecule has 34 heavy (non-hydrogen) atoms. The number of hydrogen-bond acceptors (Lipinski definition) is 3. The quantitative estimate of drug-likeness (QED) is 0.321. The zero-order chi connectivity index (χ0) is 24.2. The van der Waals surface area contributed by atoms with Crippen LogP contribution in [0.15, 0.2) is 78.9 Å². The van der Waals surface area contributed by atoms with Crippen LogP contribution in [0.2, 0.25) is 0 Å². The minimum atomic E-state index is -0.263. The van der Waals surface area contributed by atoms with Crippen LogP contribution in [0.25, 0.3) is 0 Å². The maximum atomic E-state index is 13.1. The Morgan fingerprint density at radius 2 is 1.53 bits per heavy atom. The number of amides is 3. The summed E-state index contributed by atoms with van der Waals surface area (Å²) in [6.45, 7) is 4.82. The van der Waals surface area contributed by atoms with Gasteiger partial charge in [-0.3, -0.25) is 9.69 Å². The van der Waals surface area contributed by atoms with Gasteiger partial charge in [0.25, 0.3) is 0 Å². The maximum absolute atomic E-state index is 13.1. The van der Waals surface area contributed by atoms with Crippen LogP contribution in [0, 0.1) is 6.92 Å². The molecule has 0 unspecified atom stereocenters. The van der Waals surface area contributed by atoms with Crippen molar-refractivity contribution in [3.05, 3.63) is 84.4 Å². The molecule has 178 valence electrons. The summed E-state index contributed by atoms with van der Waals surface area (Å²) in [6.07, 6.45) is 3.50. The van der Waals surface area contributed by atoms with Gasteiger partial charge in [-0.25, -0.2) is 4.79 Å². The fraction of sp³-hybridized carbons (Fsp3) is 0.286. The van der Waals surface area contributed by atoms with E-state index in [0.717, 1.165) is 30.6 Å². The summed E-state index contributed by atoms with van der Waals surface area (Å²) in [7, 11) is 0. The average Bonchev–Trinajstić information content (AvgIpc) is 2.85. The van der Waals surface area contributed by atoms with Gasteiger partial charge in [-0.05, 0) is 61.9 Å². The minimum Gasteiger partial charge on any atom is -0.457 e. The van der Waals surface area contributed by atoms with E-state index in [-0.39, 0.29) is 11.9 Å². The van der Waals surface area contributed by atoms with Crippen LogP contribution >= 0.6 is 0 Å². The predicted octanol–water partition coefficient (Wildman–Crippen LogP) is 6.52. The Kier molecular flexibility index (Phi) is 9.52. The van der Waals surface area contributed by atoms with Gasteiger partial charge in [-0.2, -0.15) is 0 Å². The van der Waals surface area contributed by atoms with Crippen LogP contribution in [0.4, 0.5) is 16.2 Å². The number of rotatable bonds is 11. The van der Waals surface area contributed by atoms with Crippen molar-refractivity contribution >= 4 is 23.3 Å². The van der Waals surface area contributed by atoms with E-state index in [9.17, 15) is 9.59 Å². The van der Waals surface area contributed by atoms with Gasteiger partial charge in [0.05, 0.1) is 0 Å². The largest absolute Gasteiger partial charge is 0.457 e. The molecule has 0 atom stereocenters. The molecule has 0 spiro atoms. The minimum absolute atomic E-state index is 0.0129. The van der Waals surface area contributed by atoms with Crippen molar-refractivity contribution in [1.29, 1.82) is 0 Å². The lowest BCUT2D eigenvalue weighted by Crippen LogP contribution is -2.41. The van der Waals surface area contributed by atoms with Gasteiger partial charge < -0.3 is 15.4 Å². The van der Waals surface area contributed by atoms with Crippen molar-refractivity contribution in [3.63, 3.8) is 0 Å². The number of nitrogens with one attached hydrogen (secondary N) is 2. The number of hydrogen-bond donors (Lipinski definition) is 2. The number of aryl methyl sites for hydroxylation is 1. The third-order valence-electron chi connectivity index (χ3n) is 5.34. The molecule has 3 rings (SSSR count). The molecule has 0 bridgehead atoms. The normalized spacial score (nSPS) is 10.4. The van der Waals surface area contributed by atoms with E-state index in [1.807, 2.05) is 85.8 Å². The molecule has 6 heteroatoms. The molecule has 0 saturated heterocycles. The molecule has 0 aliphatic carbocycles. The first-order valence-electron chi connectivity index (χ1n) is 11.8. The molecule has 0 radical (unpaired) electrons. The highest BCUT2D eigenvalue weighted by Crippen LogP contribution is 2.25. The molecule has 3 aromatic carbocycles. The summed E-state index contributed by atoms with van der Waals surface area (Å²) in [5.74, 6) is 1.44. The molecule has 0 fully saturated rings. The third kappa shape index (κ3) is 7.96. The zero-order valence-corrected chi connectivity index (χ0v) is 19.9. The van der Waals surface area contributed by atoms with Crippen molar-refractivity contribution < 1.29 is 14.3 Å². The number of para-hydroxylation sites is 1. The first-order chi connectivity index (χ1) is 16.5. The van der Waals surface area contributed by atoms with Gasteiger partial charge >= 0.3 is 6.03 Å². The van der Waals surface area contributed by atoms with Gasteiger partial charge in [0.15, 0.2) is 0 Å². The monoisotopic (exact) mass is 459 g/mol. The van der Waals surface area contributed by atoms with Crippen LogP contribution in [-0.2, 0) is 4.79 Å². The molecule has 6 nitrogen and oxygen atoms in total. The Bertz CT molecular complexity index is 1030. The Balaban J connectivity index is 1.67. The summed E-state index contributed by atoms with van der Waals surface area (Å²) in [6, 6.07) is 24.3. The van der Waals surface area contributed by atoms with Crippen LogP contribution in [0.3, 0.4) is 0 Å². The molecule has 0 aliphatic rings. The molecule has 3 aromatic rings. The lowest BCUT2D eigenvalue weighted by Gasteiger charge is -2.24. The van der Waals surface area contributed by atoms with Crippen molar-refractivity contribution in [3.8, 4) is 11.5 Å². The topological polar surface area (TPSA) is 70.7 Å². The summed E-state index contributed by atoms with van der Waals surface area (Å²) >= 11 is 0. The number of carbonyl (C=O) groups is 2. The molecular formula is C28H33N3O3. The molecule has 2 N–H and O–H groups in total. The standard InChI is InChI=1S/C28H33N3O3/c1-3-4-6-11-27(32)29-20-21-31(28(33)30-23-14-12-22(2)13-15-23)24-16-18-26(19-17-24)34-25-9-7-5-8-10-25/h5,7-10,12-19H,3-4,6,11,20-21H2,1-2H3,(H,29,32)(H,30,33). The number of nitrogens with zero attached hydrogens (tertiary/aromatic N) is 1. The second kappa shape index (κ2) is 13.0. The Morgan fingerprint density at radius 1 is 0.853 bits per heavy atom. The highest BCUT2D eigenvalue weighted by Gasteiger charge is 2.16. The fourth-order valence-corrected chi connectivity index (χ4v) is 3.43. The maximum Gasteiger partial charge on any atom is 0.326 e. The SMILES string of the molecule is CCCCCC(=O)NCCN(C(=O)Nc1ccc(C)cc1)c1ccc(Oc2ccccc2)cc1. The van der Waals surface area contributed by atoms with Gasteiger partial charge in [-0.15, -0.1) is 0 Å². The summed E-state index contributed by atoms with van der Waals surface area (Å²) in [5, 5.41) is 5.87. The molecule has 0 heterocycles. The summed E-state index contributed by atoms with van der Waals surface area (Å²) in [4.78, 5) is 26.9. The summed E-state index contributed by atoms with van der Waals surface area (Å²) < 4.78 is 5.86. The van der Waals surface area contributed by atoms with Gasteiger partial charge in [-0.1, -0.05) is 55.7 Å². The molecule has 0 aliphatic heterocycles. The van der Waals surface area contributed by atoms with E-state index in [1.54, 1.807) is 4.90 Å². The van der Waals surface area contributed by atoms with Gasteiger partial charge in [0, 0.05) is 30.9 Å². The van der Waals surface area contributed by atoms with E-state index < -0.39 is 0 Å². The number of urea groups is 1. The lowest BCUT2D eigenvalue weighted by atomic mass is 10.2. The predicted molar refractivity (Wildman–Crippen MR) is 138 cm³/mol. The molecular weight excluding hydrogens is 426 g/mol. The second-order valence-corrected chi connectivity index (χ2v) is 8.16. The van der Waals surface area contributed by atoms with E-state index in [4.69, 9.17) is 4.74 Å². The van der Waals surface area contributed by atoms with Crippen LogP contribution in [-0.4, -0.2) is 25.0 Å². The van der Waals surface area contributed by atoms with Crippen LogP contribution in [0.5, 0.6) is 11.5 Å². The zero-order valence-electron chi connectivity index (χ0n) is 19.9. The first-order valence-corrected chi connectivity index (χ1v) is 11.8. The van der Waals surface area contributed by atoms with E-state index in [1.165, 1.54) is 0 Å². The lowest BCUT2D eigenvalue weighted by molar-refractivity contribution is -0.121. The Hall–Kier alpha value is -3.80. The summed E-state index contributed by atoms with van der Waals surface area (Å²) in [5.41, 5.74) is 2.55. The number of carbonyl (C=O) groups excluding carboxylic acids is 2. The van der Waals surface area contributed by atoms with Gasteiger partial charge in [0.1, 0.15) is 11.5 Å². The second-order valence-electron chi connectivity index (χ2n) is 8.16. The van der Waals surface area contributed by atoms with Crippen LogP contribution < -0.4 is 20.3 Å². The molecule has 0 saturated carbocycles. The van der Waals surface area contributed by atoms with Crippen molar-refractivity contribution in [2.75, 3.05) is 23.3 Å². The highest BCUT2D eigenvalue weighted by molar-refractivity contribution is 6.01. The fourth-order valence-electron chi connectivity index (χ4n) is 3.43. The van der Waals surface area contributed by atoms with E-state index in [2.05, 4.69) is 17.6 Å². The van der Waals surface area contributed by atoms with Crippen molar-refractivity contribution in [2.24, 2.45) is 0 Å². The Morgan fingerprint density at radius 3 is 2.21 bits per heavy atom. The Labute approximate surface area is 201 Å². The van der Waals surface area contributed by atoms with Crippen molar-refractivity contribution in [2.45, 2.75) is 39.5 Å². The molecule has 3 amide bonds. The van der Waals surface area contributed by atoms with Gasteiger partial charge in [0.2, 0.25) is 5.91 Å². The number of unbranched alkanes of at least 4 members (excludes halogenated alkanes) is 2. The number of benzene rings is 3. The van der Waals surface area contributed by atoms with Crippen LogP contribution in [0.1, 0.15) is 38.2 Å². The highest BCUT2D eigenvalue weighted by atomic mass is 16.5. The smallest absolute Gasteiger partial charge is 0.326 e. The average molecular weight is 460 g/mol. The number of ether oxygens (including phenoxy) is 1. The molecule has 0 aromatic heterocycles. The van der Waals surface area contributed by atoms with E-state index in [0.29, 0.717) is 36.6 Å². The van der Waals surface area contributed by atoms with E-state index >= 15 is 0 Å². The van der Waals surface area contributed by atoms with Crippen molar-refractivity contribution in [1.82, 2.24) is 5.32 Å².